The Labute approximate surface area is 292 Å². The van der Waals surface area contributed by atoms with Gasteiger partial charge in [-0.1, -0.05) is 48.6 Å². The highest BCUT2D eigenvalue weighted by Gasteiger charge is 2.45. The molecule has 1 unspecified atom stereocenters. The number of esters is 1. The lowest BCUT2D eigenvalue weighted by atomic mass is 10.0. The number of cyclic esters (lactones) is 1. The maximum Gasteiger partial charge on any atom is 0.328 e. The summed E-state index contributed by atoms with van der Waals surface area (Å²) < 4.78 is 5.65. The van der Waals surface area contributed by atoms with E-state index in [0.29, 0.717) is 25.7 Å². The molecule has 3 heterocycles. The number of carbonyl (C=O) groups excluding carboxylic acids is 7. The van der Waals surface area contributed by atoms with Crippen LogP contribution in [0.15, 0.2) is 54.6 Å². The highest BCUT2D eigenvalue weighted by Crippen LogP contribution is 2.27. The number of likely N-dealkylation sites (N-methyl/N-ethyl adjacent to an activating group) is 1. The van der Waals surface area contributed by atoms with Crippen LogP contribution in [0.4, 0.5) is 0 Å². The Kier molecular flexibility index (Phi) is 12.9. The summed E-state index contributed by atoms with van der Waals surface area (Å²) >= 11 is 0. The second-order valence-corrected chi connectivity index (χ2v) is 13.1. The zero-order valence-electron chi connectivity index (χ0n) is 29.3. The number of rotatable bonds is 7. The minimum atomic E-state index is -1.43. The van der Waals surface area contributed by atoms with Crippen molar-refractivity contribution in [2.24, 2.45) is 0 Å². The number of carbonyl (C=O) groups is 7. The van der Waals surface area contributed by atoms with Crippen LogP contribution >= 0.6 is 0 Å². The van der Waals surface area contributed by atoms with Crippen LogP contribution in [0, 0.1) is 0 Å². The van der Waals surface area contributed by atoms with Crippen LogP contribution in [0.3, 0.4) is 0 Å². The summed E-state index contributed by atoms with van der Waals surface area (Å²) in [6, 6.07) is 2.21. The van der Waals surface area contributed by atoms with E-state index in [4.69, 9.17) is 4.74 Å². The first-order chi connectivity index (χ1) is 23.8. The van der Waals surface area contributed by atoms with E-state index in [1.807, 2.05) is 6.07 Å². The topological polar surface area (TPSA) is 175 Å². The van der Waals surface area contributed by atoms with Crippen molar-refractivity contribution in [2.45, 2.75) is 102 Å². The number of hydrogen-bond acceptors (Lipinski definition) is 8. The van der Waals surface area contributed by atoms with E-state index in [1.165, 1.54) is 47.7 Å². The third kappa shape index (κ3) is 8.96. The molecule has 0 saturated carbocycles. The molecule has 270 valence electrons. The van der Waals surface area contributed by atoms with Crippen LogP contribution in [0.25, 0.3) is 0 Å². The summed E-state index contributed by atoms with van der Waals surface area (Å²) in [5.74, 6) is -4.17. The summed E-state index contributed by atoms with van der Waals surface area (Å²) in [5, 5.41) is 8.07. The standard InChI is InChI=1S/C36H48N6O8/c1-6-7-9-16-30(43)38-26(20-25-13-10-8-11-14-25)32(45)39-27-21-50-36(49)29-15-12-19-41(29)33(46)23(3)37-31(44)24(4)40(5)35(48)28-18-17-22(2)42(28)34(27)47/h6-11,13-14,16,22-24,26-29H,12,15,17-21H2,1-5H3,(H,37,44)(H,38,43)(H,39,45)/b7-6+,16-9+/t22?,23-,24-,26-,27-,28-,29-/m0/s1. The largest absolute Gasteiger partial charge is 0.461 e. The summed E-state index contributed by atoms with van der Waals surface area (Å²) in [4.78, 5) is 98.9. The van der Waals surface area contributed by atoms with Crippen molar-refractivity contribution in [1.82, 2.24) is 30.7 Å². The van der Waals surface area contributed by atoms with Crippen molar-refractivity contribution in [3.8, 4) is 0 Å². The third-order valence-corrected chi connectivity index (χ3v) is 9.53. The van der Waals surface area contributed by atoms with Gasteiger partial charge in [-0.25, -0.2) is 4.79 Å². The Bertz CT molecular complexity index is 1510. The predicted molar refractivity (Wildman–Crippen MR) is 183 cm³/mol. The van der Waals surface area contributed by atoms with Crippen LogP contribution in [0.2, 0.25) is 0 Å². The fraction of sp³-hybridized carbons (Fsp3) is 0.528. The minimum Gasteiger partial charge on any atom is -0.461 e. The van der Waals surface area contributed by atoms with E-state index in [2.05, 4.69) is 16.0 Å². The Hall–Kier alpha value is -5.01. The highest BCUT2D eigenvalue weighted by molar-refractivity contribution is 5.98. The van der Waals surface area contributed by atoms with E-state index >= 15 is 0 Å². The molecule has 0 radical (unpaired) electrons. The summed E-state index contributed by atoms with van der Waals surface area (Å²) in [6.07, 6.45) is 7.94. The van der Waals surface area contributed by atoms with Crippen LogP contribution < -0.4 is 16.0 Å². The van der Waals surface area contributed by atoms with Gasteiger partial charge in [-0.2, -0.15) is 0 Å². The van der Waals surface area contributed by atoms with E-state index < -0.39 is 90.3 Å². The number of hydrogen-bond donors (Lipinski definition) is 3. The molecule has 50 heavy (non-hydrogen) atoms. The van der Waals surface area contributed by atoms with Crippen LogP contribution in [0.1, 0.15) is 58.9 Å². The van der Waals surface area contributed by atoms with Gasteiger partial charge >= 0.3 is 5.97 Å². The van der Waals surface area contributed by atoms with Gasteiger partial charge in [0, 0.05) is 32.1 Å². The lowest BCUT2D eigenvalue weighted by molar-refractivity contribution is -0.158. The molecule has 3 aliphatic rings. The van der Waals surface area contributed by atoms with Gasteiger partial charge in [0.15, 0.2) is 0 Å². The quantitative estimate of drug-likeness (QED) is 0.212. The van der Waals surface area contributed by atoms with Crippen LogP contribution in [-0.2, 0) is 44.7 Å². The lowest BCUT2D eigenvalue weighted by Crippen LogP contribution is -2.61. The monoisotopic (exact) mass is 692 g/mol. The molecule has 0 aliphatic carbocycles. The molecular formula is C36H48N6O8. The molecule has 3 saturated heterocycles. The van der Waals surface area contributed by atoms with E-state index in [1.54, 1.807) is 50.3 Å². The zero-order valence-corrected chi connectivity index (χ0v) is 29.3. The first-order valence-corrected chi connectivity index (χ1v) is 17.1. The molecule has 3 N–H and O–H groups in total. The molecule has 0 spiro atoms. The van der Waals surface area contributed by atoms with Crippen LogP contribution in [-0.4, -0.2) is 119 Å². The number of allylic oxidation sites excluding steroid dienone is 3. The molecule has 6 amide bonds. The molecule has 14 nitrogen and oxygen atoms in total. The highest BCUT2D eigenvalue weighted by atomic mass is 16.5. The van der Waals surface area contributed by atoms with Gasteiger partial charge in [-0.15, -0.1) is 0 Å². The van der Waals surface area contributed by atoms with Gasteiger partial charge < -0.3 is 35.4 Å². The van der Waals surface area contributed by atoms with Crippen molar-refractivity contribution in [2.75, 3.05) is 20.2 Å². The van der Waals surface area contributed by atoms with Gasteiger partial charge in [-0.05, 0) is 58.9 Å². The summed E-state index contributed by atoms with van der Waals surface area (Å²) in [5.41, 5.74) is 0.751. The van der Waals surface area contributed by atoms with Crippen molar-refractivity contribution in [3.05, 3.63) is 60.2 Å². The fourth-order valence-corrected chi connectivity index (χ4v) is 6.54. The normalized spacial score (nSPS) is 27.6. The second-order valence-electron chi connectivity index (χ2n) is 13.1. The number of nitrogens with zero attached hydrogens (tertiary/aromatic N) is 3. The molecular weight excluding hydrogens is 644 g/mol. The lowest BCUT2D eigenvalue weighted by Gasteiger charge is -2.36. The maximum absolute atomic E-state index is 14.4. The van der Waals surface area contributed by atoms with E-state index in [0.717, 1.165) is 5.56 Å². The summed E-state index contributed by atoms with van der Waals surface area (Å²) in [7, 11) is 1.47. The van der Waals surface area contributed by atoms with Crippen molar-refractivity contribution >= 4 is 41.4 Å². The van der Waals surface area contributed by atoms with Crippen molar-refractivity contribution in [3.63, 3.8) is 0 Å². The third-order valence-electron chi connectivity index (χ3n) is 9.53. The van der Waals surface area contributed by atoms with Crippen molar-refractivity contribution in [1.29, 1.82) is 0 Å². The zero-order chi connectivity index (χ0) is 36.5. The first-order valence-electron chi connectivity index (χ1n) is 17.1. The number of nitrogens with one attached hydrogen (secondary N) is 3. The van der Waals surface area contributed by atoms with Gasteiger partial charge in [-0.3, -0.25) is 28.8 Å². The van der Waals surface area contributed by atoms with Gasteiger partial charge in [0.2, 0.25) is 35.4 Å². The summed E-state index contributed by atoms with van der Waals surface area (Å²) in [6.45, 7) is 6.32. The van der Waals surface area contributed by atoms with E-state index in [-0.39, 0.29) is 13.0 Å². The Morgan fingerprint density at radius 2 is 1.68 bits per heavy atom. The molecule has 3 fully saturated rings. The van der Waals surface area contributed by atoms with Gasteiger partial charge in [0.1, 0.15) is 42.9 Å². The second kappa shape index (κ2) is 17.1. The minimum absolute atomic E-state index is 0.0971. The molecule has 0 bridgehead atoms. The number of ether oxygens (including phenoxy) is 1. The Morgan fingerprint density at radius 3 is 2.38 bits per heavy atom. The van der Waals surface area contributed by atoms with E-state index in [9.17, 15) is 33.6 Å². The Balaban J connectivity index is 1.68. The Morgan fingerprint density at radius 1 is 0.960 bits per heavy atom. The van der Waals surface area contributed by atoms with Crippen LogP contribution in [0.5, 0.6) is 0 Å². The molecule has 1 aromatic rings. The SMILES string of the molecule is C/C=C/C=C/C(=O)N[C@@H](Cc1ccccc1)C(=O)N[C@H]1COC(=O)[C@@H]2CCCN2C(=O)[C@H](C)NC(=O)[C@H](C)N(C)C(=O)[C@@H]2CCC(C)N2C1=O. The number of benzene rings is 1. The molecule has 7 atom stereocenters. The predicted octanol–water partition coefficient (Wildman–Crippen LogP) is 0.610. The molecule has 3 aliphatic heterocycles. The number of fused-ring (bicyclic) bond motifs is 2. The average Bonchev–Trinajstić information content (AvgIpc) is 3.75. The first kappa shape index (κ1) is 37.8. The van der Waals surface area contributed by atoms with Gasteiger partial charge in [0.25, 0.3) is 0 Å². The number of amides is 6. The molecule has 4 rings (SSSR count). The maximum atomic E-state index is 14.4. The fourth-order valence-electron chi connectivity index (χ4n) is 6.54. The van der Waals surface area contributed by atoms with Crippen molar-refractivity contribution < 1.29 is 38.3 Å². The molecule has 14 heteroatoms. The smallest absolute Gasteiger partial charge is 0.328 e. The van der Waals surface area contributed by atoms with Gasteiger partial charge in [0.05, 0.1) is 0 Å². The molecule has 0 aromatic heterocycles. The molecule has 1 aromatic carbocycles. The average molecular weight is 693 g/mol.